The number of carbonyl (C=O) groups is 1. The average molecular weight is 290 g/mol. The maximum absolute atomic E-state index is 12.9. The van der Waals surface area contributed by atoms with Crippen LogP contribution < -0.4 is 0 Å². The SMILES string of the molecule is CN(C(=O)C1CC1)C1CCCN(Cc2ccc(F)cc2)C1. The van der Waals surface area contributed by atoms with Crippen molar-refractivity contribution in [3.05, 3.63) is 35.6 Å². The van der Waals surface area contributed by atoms with Gasteiger partial charge in [-0.1, -0.05) is 12.1 Å². The van der Waals surface area contributed by atoms with Gasteiger partial charge in [-0.05, 0) is 49.9 Å². The van der Waals surface area contributed by atoms with Crippen molar-refractivity contribution in [1.29, 1.82) is 0 Å². The standard InChI is InChI=1S/C17H23FN2O/c1-19(17(21)14-6-7-14)16-3-2-10-20(12-16)11-13-4-8-15(18)9-5-13/h4-5,8-9,14,16H,2-3,6-7,10-12H2,1H3. The van der Waals surface area contributed by atoms with E-state index < -0.39 is 0 Å². The largest absolute Gasteiger partial charge is 0.341 e. The Balaban J connectivity index is 1.57. The highest BCUT2D eigenvalue weighted by molar-refractivity contribution is 5.81. The van der Waals surface area contributed by atoms with Gasteiger partial charge in [-0.3, -0.25) is 9.69 Å². The molecule has 3 rings (SSSR count). The fourth-order valence-corrected chi connectivity index (χ4v) is 3.14. The Bertz CT molecular complexity index is 498. The van der Waals surface area contributed by atoms with Crippen LogP contribution in [-0.2, 0) is 11.3 Å². The van der Waals surface area contributed by atoms with Crippen LogP contribution in [0.3, 0.4) is 0 Å². The Morgan fingerprint density at radius 3 is 2.67 bits per heavy atom. The molecule has 1 saturated carbocycles. The zero-order chi connectivity index (χ0) is 14.8. The van der Waals surface area contributed by atoms with E-state index in [0.29, 0.717) is 17.9 Å². The fraction of sp³-hybridized carbons (Fsp3) is 0.588. The van der Waals surface area contributed by atoms with Crippen LogP contribution in [0, 0.1) is 11.7 Å². The van der Waals surface area contributed by atoms with Gasteiger partial charge in [0.05, 0.1) is 0 Å². The molecule has 114 valence electrons. The van der Waals surface area contributed by atoms with Gasteiger partial charge in [0.2, 0.25) is 5.91 Å². The van der Waals surface area contributed by atoms with E-state index >= 15 is 0 Å². The lowest BCUT2D eigenvalue weighted by atomic mass is 10.0. The summed E-state index contributed by atoms with van der Waals surface area (Å²) >= 11 is 0. The van der Waals surface area contributed by atoms with Crippen molar-refractivity contribution in [2.75, 3.05) is 20.1 Å². The molecule has 1 aromatic rings. The van der Waals surface area contributed by atoms with Crippen molar-refractivity contribution >= 4 is 5.91 Å². The highest BCUT2D eigenvalue weighted by Crippen LogP contribution is 2.32. The second-order valence-electron chi connectivity index (χ2n) is 6.38. The quantitative estimate of drug-likeness (QED) is 0.851. The molecule has 1 aliphatic carbocycles. The number of rotatable bonds is 4. The lowest BCUT2D eigenvalue weighted by molar-refractivity contribution is -0.134. The van der Waals surface area contributed by atoms with Gasteiger partial charge in [0.15, 0.2) is 0 Å². The normalized spacial score (nSPS) is 23.0. The van der Waals surface area contributed by atoms with Crippen molar-refractivity contribution in [3.63, 3.8) is 0 Å². The highest BCUT2D eigenvalue weighted by Gasteiger charge is 2.35. The van der Waals surface area contributed by atoms with Crippen LogP contribution in [-0.4, -0.2) is 41.9 Å². The molecule has 21 heavy (non-hydrogen) atoms. The van der Waals surface area contributed by atoms with E-state index in [1.54, 1.807) is 0 Å². The molecule has 1 atom stereocenters. The minimum Gasteiger partial charge on any atom is -0.341 e. The third kappa shape index (κ3) is 3.62. The van der Waals surface area contributed by atoms with Crippen LogP contribution in [0.4, 0.5) is 4.39 Å². The van der Waals surface area contributed by atoms with Crippen LogP contribution in [0.5, 0.6) is 0 Å². The molecule has 0 N–H and O–H groups in total. The topological polar surface area (TPSA) is 23.6 Å². The van der Waals surface area contributed by atoms with Crippen LogP contribution in [0.25, 0.3) is 0 Å². The minimum atomic E-state index is -0.190. The van der Waals surface area contributed by atoms with Crippen molar-refractivity contribution in [2.45, 2.75) is 38.3 Å². The van der Waals surface area contributed by atoms with Gasteiger partial charge in [0.1, 0.15) is 5.82 Å². The van der Waals surface area contributed by atoms with E-state index in [4.69, 9.17) is 0 Å². The van der Waals surface area contributed by atoms with Gasteiger partial charge in [-0.15, -0.1) is 0 Å². The summed E-state index contributed by atoms with van der Waals surface area (Å²) in [6.07, 6.45) is 4.34. The number of halogens is 1. The van der Waals surface area contributed by atoms with Crippen molar-refractivity contribution in [1.82, 2.24) is 9.80 Å². The van der Waals surface area contributed by atoms with Gasteiger partial charge in [0, 0.05) is 32.1 Å². The number of benzene rings is 1. The summed E-state index contributed by atoms with van der Waals surface area (Å²) in [6.45, 7) is 2.81. The lowest BCUT2D eigenvalue weighted by Gasteiger charge is -2.37. The maximum atomic E-state index is 12.9. The van der Waals surface area contributed by atoms with E-state index in [1.165, 1.54) is 12.1 Å². The van der Waals surface area contributed by atoms with Crippen molar-refractivity contribution < 1.29 is 9.18 Å². The van der Waals surface area contributed by atoms with Gasteiger partial charge >= 0.3 is 0 Å². The van der Waals surface area contributed by atoms with Gasteiger partial charge in [-0.2, -0.15) is 0 Å². The van der Waals surface area contributed by atoms with Crippen LogP contribution >= 0.6 is 0 Å². The Kier molecular flexibility index (Phi) is 4.24. The summed E-state index contributed by atoms with van der Waals surface area (Å²) in [5.41, 5.74) is 1.13. The predicted octanol–water partition coefficient (Wildman–Crippen LogP) is 2.66. The number of likely N-dealkylation sites (N-methyl/N-ethyl adjacent to an activating group) is 1. The molecule has 0 bridgehead atoms. The molecule has 0 aromatic heterocycles. The molecular weight excluding hydrogens is 267 g/mol. The molecule has 4 heteroatoms. The first-order chi connectivity index (χ1) is 10.1. The van der Waals surface area contributed by atoms with Gasteiger partial charge in [-0.25, -0.2) is 4.39 Å². The molecule has 0 radical (unpaired) electrons. The molecule has 1 saturated heterocycles. The fourth-order valence-electron chi connectivity index (χ4n) is 3.14. The Morgan fingerprint density at radius 2 is 2.00 bits per heavy atom. The molecule has 1 amide bonds. The smallest absolute Gasteiger partial charge is 0.225 e. The number of amides is 1. The average Bonchev–Trinajstić information content (AvgIpc) is 3.33. The van der Waals surface area contributed by atoms with Crippen LogP contribution in [0.2, 0.25) is 0 Å². The lowest BCUT2D eigenvalue weighted by Crippen LogP contribution is -2.48. The number of nitrogens with zero attached hydrogens (tertiary/aromatic N) is 2. The summed E-state index contributed by atoms with van der Waals surface area (Å²) in [4.78, 5) is 16.5. The second-order valence-corrected chi connectivity index (χ2v) is 6.38. The van der Waals surface area contributed by atoms with Crippen molar-refractivity contribution in [3.8, 4) is 0 Å². The summed E-state index contributed by atoms with van der Waals surface area (Å²) in [5.74, 6) is 0.427. The third-order valence-electron chi connectivity index (χ3n) is 4.62. The van der Waals surface area contributed by atoms with Gasteiger partial charge in [0.25, 0.3) is 0 Å². The molecule has 1 heterocycles. The highest BCUT2D eigenvalue weighted by atomic mass is 19.1. The summed E-state index contributed by atoms with van der Waals surface area (Å²) in [7, 11) is 1.95. The second kappa shape index (κ2) is 6.14. The zero-order valence-corrected chi connectivity index (χ0v) is 12.6. The Morgan fingerprint density at radius 1 is 1.29 bits per heavy atom. The summed E-state index contributed by atoms with van der Waals surface area (Å²) in [5, 5.41) is 0. The number of hydrogen-bond acceptors (Lipinski definition) is 2. The first kappa shape index (κ1) is 14.5. The molecule has 3 nitrogen and oxygen atoms in total. The first-order valence-electron chi connectivity index (χ1n) is 7.87. The monoisotopic (exact) mass is 290 g/mol. The predicted molar refractivity (Wildman–Crippen MR) is 80.2 cm³/mol. The number of hydrogen-bond donors (Lipinski definition) is 0. The minimum absolute atomic E-state index is 0.190. The van der Waals surface area contributed by atoms with E-state index in [2.05, 4.69) is 4.90 Å². The number of likely N-dealkylation sites (tertiary alicyclic amines) is 1. The summed E-state index contributed by atoms with van der Waals surface area (Å²) < 4.78 is 12.9. The third-order valence-corrected chi connectivity index (χ3v) is 4.62. The van der Waals surface area contributed by atoms with E-state index in [-0.39, 0.29) is 5.82 Å². The molecule has 2 aliphatic rings. The molecule has 2 fully saturated rings. The molecule has 1 unspecified atom stereocenters. The summed E-state index contributed by atoms with van der Waals surface area (Å²) in [6, 6.07) is 7.04. The number of carbonyl (C=O) groups excluding carboxylic acids is 1. The number of piperidine rings is 1. The van der Waals surface area contributed by atoms with E-state index in [9.17, 15) is 9.18 Å². The first-order valence-corrected chi connectivity index (χ1v) is 7.87. The van der Waals surface area contributed by atoms with Crippen molar-refractivity contribution in [2.24, 2.45) is 5.92 Å². The van der Waals surface area contributed by atoms with Gasteiger partial charge < -0.3 is 4.90 Å². The Labute approximate surface area is 125 Å². The molecule has 1 aliphatic heterocycles. The maximum Gasteiger partial charge on any atom is 0.225 e. The van der Waals surface area contributed by atoms with E-state index in [0.717, 1.165) is 50.9 Å². The Hall–Kier alpha value is -1.42. The van der Waals surface area contributed by atoms with Crippen LogP contribution in [0.1, 0.15) is 31.2 Å². The van der Waals surface area contributed by atoms with E-state index in [1.807, 2.05) is 24.1 Å². The molecular formula is C17H23FN2O. The molecule has 0 spiro atoms. The van der Waals surface area contributed by atoms with Crippen LogP contribution in [0.15, 0.2) is 24.3 Å². The molecule has 1 aromatic carbocycles. The zero-order valence-electron chi connectivity index (χ0n) is 12.6.